The van der Waals surface area contributed by atoms with Gasteiger partial charge in [-0.2, -0.15) is 0 Å². The number of nitrogens with two attached hydrogens (primary N) is 1. The molecule has 1 aliphatic heterocycles. The third-order valence-electron chi connectivity index (χ3n) is 5.56. The van der Waals surface area contributed by atoms with E-state index in [1.807, 2.05) is 4.90 Å². The van der Waals surface area contributed by atoms with Crippen LogP contribution in [0.5, 0.6) is 0 Å². The van der Waals surface area contributed by atoms with E-state index in [-0.39, 0.29) is 30.2 Å². The zero-order valence-corrected chi connectivity index (χ0v) is 11.8. The summed E-state index contributed by atoms with van der Waals surface area (Å²) in [5, 5.41) is 8.91. The van der Waals surface area contributed by atoms with Gasteiger partial charge in [-0.1, -0.05) is 0 Å². The number of likely N-dealkylation sites (tertiary alicyclic amines) is 1. The number of fused-ring (bicyclic) bond motifs is 2. The highest BCUT2D eigenvalue weighted by molar-refractivity contribution is 5.81. The van der Waals surface area contributed by atoms with Crippen LogP contribution in [0, 0.1) is 23.7 Å². The number of carbonyl (C=O) groups is 2. The van der Waals surface area contributed by atoms with Crippen molar-refractivity contribution in [2.75, 3.05) is 13.1 Å². The van der Waals surface area contributed by atoms with E-state index in [1.165, 1.54) is 6.42 Å². The first-order chi connectivity index (χ1) is 9.56. The van der Waals surface area contributed by atoms with Crippen LogP contribution in [-0.4, -0.2) is 41.0 Å². The fraction of sp³-hybridized carbons (Fsp3) is 0.867. The molecule has 3 rings (SSSR count). The lowest BCUT2D eigenvalue weighted by Gasteiger charge is -2.37. The van der Waals surface area contributed by atoms with Crippen LogP contribution >= 0.6 is 0 Å². The maximum Gasteiger partial charge on any atom is 0.303 e. The number of carboxylic acids is 1. The highest BCUT2D eigenvalue weighted by atomic mass is 16.4. The molecule has 2 aliphatic carbocycles. The molecule has 5 nitrogen and oxygen atoms in total. The molecule has 0 aromatic carbocycles. The Morgan fingerprint density at radius 1 is 1.20 bits per heavy atom. The van der Waals surface area contributed by atoms with Crippen LogP contribution < -0.4 is 5.73 Å². The van der Waals surface area contributed by atoms with Crippen molar-refractivity contribution in [1.29, 1.82) is 0 Å². The molecule has 20 heavy (non-hydrogen) atoms. The standard InChI is InChI=1S/C15H24N2O3/c16-14-11-4-3-10(7-11)13(14)15(20)17-5-1-2-9(8-17)6-12(18)19/h9-11,13-14H,1-8,16H2,(H,18,19). The van der Waals surface area contributed by atoms with Gasteiger partial charge in [-0.3, -0.25) is 9.59 Å². The molecular formula is C15H24N2O3. The van der Waals surface area contributed by atoms with Crippen molar-refractivity contribution >= 4 is 11.9 Å². The molecule has 3 aliphatic rings. The molecule has 112 valence electrons. The predicted molar refractivity (Wildman–Crippen MR) is 73.9 cm³/mol. The maximum atomic E-state index is 12.7. The van der Waals surface area contributed by atoms with Gasteiger partial charge in [-0.05, 0) is 49.9 Å². The number of carboxylic acid groups (broad SMARTS) is 1. The molecular weight excluding hydrogens is 256 g/mol. The second-order valence-electron chi connectivity index (χ2n) is 6.83. The lowest BCUT2D eigenvalue weighted by Crippen LogP contribution is -2.50. The predicted octanol–water partition coefficient (Wildman–Crippen LogP) is 1.07. The molecule has 5 unspecified atom stereocenters. The van der Waals surface area contributed by atoms with E-state index in [0.29, 0.717) is 18.4 Å². The smallest absolute Gasteiger partial charge is 0.303 e. The SMILES string of the molecule is NC1C2CCC(C2)C1C(=O)N1CCCC(CC(=O)O)C1. The molecule has 2 bridgehead atoms. The maximum absolute atomic E-state index is 12.7. The molecule has 3 N–H and O–H groups in total. The van der Waals surface area contributed by atoms with Crippen LogP contribution in [0.4, 0.5) is 0 Å². The van der Waals surface area contributed by atoms with E-state index in [2.05, 4.69) is 0 Å². The quantitative estimate of drug-likeness (QED) is 0.810. The molecule has 1 saturated heterocycles. The number of hydrogen-bond donors (Lipinski definition) is 2. The molecule has 0 aromatic rings. The number of amides is 1. The number of piperidine rings is 1. The molecule has 1 amide bonds. The Morgan fingerprint density at radius 3 is 2.60 bits per heavy atom. The van der Waals surface area contributed by atoms with E-state index in [1.54, 1.807) is 0 Å². The van der Waals surface area contributed by atoms with Gasteiger partial charge in [0.25, 0.3) is 0 Å². The normalized spacial score (nSPS) is 40.0. The van der Waals surface area contributed by atoms with Crippen LogP contribution in [0.3, 0.4) is 0 Å². The topological polar surface area (TPSA) is 83.6 Å². The molecule has 0 radical (unpaired) electrons. The summed E-state index contributed by atoms with van der Waals surface area (Å²) in [7, 11) is 0. The first kappa shape index (κ1) is 13.9. The molecule has 0 aromatic heterocycles. The number of aliphatic carboxylic acids is 1. The van der Waals surface area contributed by atoms with Crippen LogP contribution in [0.1, 0.15) is 38.5 Å². The first-order valence-corrected chi connectivity index (χ1v) is 7.82. The Bertz CT molecular complexity index is 410. The molecule has 3 fully saturated rings. The third-order valence-corrected chi connectivity index (χ3v) is 5.56. The fourth-order valence-electron chi connectivity index (χ4n) is 4.59. The molecule has 1 heterocycles. The first-order valence-electron chi connectivity index (χ1n) is 7.82. The second-order valence-corrected chi connectivity index (χ2v) is 6.83. The lowest BCUT2D eigenvalue weighted by molar-refractivity contribution is -0.143. The van der Waals surface area contributed by atoms with Crippen molar-refractivity contribution in [2.45, 2.75) is 44.6 Å². The minimum absolute atomic E-state index is 0.00247. The summed E-state index contributed by atoms with van der Waals surface area (Å²) in [6.45, 7) is 1.38. The molecule has 5 atom stereocenters. The minimum atomic E-state index is -0.763. The largest absolute Gasteiger partial charge is 0.481 e. The summed E-state index contributed by atoms with van der Waals surface area (Å²) in [6, 6.07) is 0.0288. The Labute approximate surface area is 119 Å². The van der Waals surface area contributed by atoms with Crippen molar-refractivity contribution in [3.05, 3.63) is 0 Å². The van der Waals surface area contributed by atoms with E-state index in [9.17, 15) is 9.59 Å². The summed E-state index contributed by atoms with van der Waals surface area (Å²) < 4.78 is 0. The zero-order chi connectivity index (χ0) is 14.3. The van der Waals surface area contributed by atoms with Crippen molar-refractivity contribution in [3.8, 4) is 0 Å². The van der Waals surface area contributed by atoms with Gasteiger partial charge >= 0.3 is 5.97 Å². The van der Waals surface area contributed by atoms with Gasteiger partial charge in [-0.15, -0.1) is 0 Å². The molecule has 0 spiro atoms. The van der Waals surface area contributed by atoms with Crippen LogP contribution in [-0.2, 0) is 9.59 Å². The molecule has 5 heteroatoms. The summed E-state index contributed by atoms with van der Waals surface area (Å²) >= 11 is 0. The number of rotatable bonds is 3. The average molecular weight is 280 g/mol. The van der Waals surface area contributed by atoms with Crippen LogP contribution in [0.25, 0.3) is 0 Å². The van der Waals surface area contributed by atoms with E-state index >= 15 is 0 Å². The second kappa shape index (κ2) is 5.35. The van der Waals surface area contributed by atoms with Gasteiger partial charge in [0.05, 0.1) is 5.92 Å². The van der Waals surface area contributed by atoms with Gasteiger partial charge < -0.3 is 15.7 Å². The fourth-order valence-corrected chi connectivity index (χ4v) is 4.59. The van der Waals surface area contributed by atoms with Crippen molar-refractivity contribution in [2.24, 2.45) is 29.4 Å². The Kier molecular flexibility index (Phi) is 3.71. The summed E-state index contributed by atoms with van der Waals surface area (Å²) in [5.41, 5.74) is 6.25. The van der Waals surface area contributed by atoms with Gasteiger partial charge in [0.1, 0.15) is 0 Å². The monoisotopic (exact) mass is 280 g/mol. The number of carbonyl (C=O) groups excluding carboxylic acids is 1. The highest BCUT2D eigenvalue weighted by Crippen LogP contribution is 2.48. The van der Waals surface area contributed by atoms with E-state index in [4.69, 9.17) is 10.8 Å². The van der Waals surface area contributed by atoms with E-state index in [0.717, 1.165) is 32.2 Å². The van der Waals surface area contributed by atoms with Gasteiger partial charge in [0.15, 0.2) is 0 Å². The zero-order valence-electron chi connectivity index (χ0n) is 11.8. The summed E-state index contributed by atoms with van der Waals surface area (Å²) in [4.78, 5) is 25.5. The van der Waals surface area contributed by atoms with Crippen LogP contribution in [0.15, 0.2) is 0 Å². The molecule has 2 saturated carbocycles. The summed E-state index contributed by atoms with van der Waals surface area (Å²) in [5.74, 6) is 0.550. The highest BCUT2D eigenvalue weighted by Gasteiger charge is 2.50. The summed E-state index contributed by atoms with van der Waals surface area (Å²) in [6.07, 6.45) is 5.44. The third kappa shape index (κ3) is 2.43. The Morgan fingerprint density at radius 2 is 1.95 bits per heavy atom. The van der Waals surface area contributed by atoms with Crippen molar-refractivity contribution in [1.82, 2.24) is 4.90 Å². The minimum Gasteiger partial charge on any atom is -0.481 e. The Balaban J connectivity index is 1.63. The number of nitrogens with zero attached hydrogens (tertiary/aromatic N) is 1. The van der Waals surface area contributed by atoms with Gasteiger partial charge in [0.2, 0.25) is 5.91 Å². The average Bonchev–Trinajstić information content (AvgIpc) is 2.98. The lowest BCUT2D eigenvalue weighted by atomic mass is 9.83. The van der Waals surface area contributed by atoms with Crippen molar-refractivity contribution < 1.29 is 14.7 Å². The van der Waals surface area contributed by atoms with Crippen molar-refractivity contribution in [3.63, 3.8) is 0 Å². The van der Waals surface area contributed by atoms with Crippen LogP contribution in [0.2, 0.25) is 0 Å². The van der Waals surface area contributed by atoms with Gasteiger partial charge in [0, 0.05) is 25.6 Å². The number of hydrogen-bond acceptors (Lipinski definition) is 3. The van der Waals surface area contributed by atoms with E-state index < -0.39 is 5.97 Å². The van der Waals surface area contributed by atoms with Gasteiger partial charge in [-0.25, -0.2) is 0 Å². The Hall–Kier alpha value is -1.10.